The van der Waals surface area contributed by atoms with Crippen LogP contribution in [0.25, 0.3) is 21.0 Å². The van der Waals surface area contributed by atoms with E-state index in [1.807, 2.05) is 50.4 Å². The molecule has 0 unspecified atom stereocenters. The van der Waals surface area contributed by atoms with Crippen molar-refractivity contribution in [3.05, 3.63) is 59.8 Å². The fourth-order valence-electron chi connectivity index (χ4n) is 2.63. The molecule has 0 amide bonds. The number of aryl methyl sites for hydroxylation is 1. The summed E-state index contributed by atoms with van der Waals surface area (Å²) < 4.78 is 5.69. The second-order valence-corrected chi connectivity index (χ2v) is 6.97. The van der Waals surface area contributed by atoms with Crippen LogP contribution in [-0.4, -0.2) is 11.1 Å². The van der Waals surface area contributed by atoms with Gasteiger partial charge in [-0.3, -0.25) is 0 Å². The van der Waals surface area contributed by atoms with Crippen LogP contribution in [0.2, 0.25) is 0 Å². The zero-order valence-corrected chi connectivity index (χ0v) is 15.4. The number of hydrogen-bond acceptors (Lipinski definition) is 4. The predicted molar refractivity (Wildman–Crippen MR) is 102 cm³/mol. The van der Waals surface area contributed by atoms with Gasteiger partial charge in [-0.2, -0.15) is 5.26 Å². The smallest absolute Gasteiger partial charge is 0.137 e. The van der Waals surface area contributed by atoms with Crippen molar-refractivity contribution in [2.75, 3.05) is 0 Å². The molecule has 0 saturated heterocycles. The van der Waals surface area contributed by atoms with Gasteiger partial charge in [0.2, 0.25) is 0 Å². The third kappa shape index (κ3) is 3.72. The zero-order chi connectivity index (χ0) is 17.8. The summed E-state index contributed by atoms with van der Waals surface area (Å²) in [5.41, 5.74) is 3.83. The Morgan fingerprint density at radius 3 is 2.88 bits per heavy atom. The Bertz CT molecular complexity index is 922. The zero-order valence-electron chi connectivity index (χ0n) is 14.5. The molecule has 125 valence electrons. The molecule has 0 bridgehead atoms. The first-order valence-electron chi connectivity index (χ1n) is 8.29. The van der Waals surface area contributed by atoms with E-state index >= 15 is 0 Å². The van der Waals surface area contributed by atoms with Crippen molar-refractivity contribution in [2.45, 2.75) is 33.3 Å². The van der Waals surface area contributed by atoms with Crippen LogP contribution >= 0.6 is 11.3 Å². The van der Waals surface area contributed by atoms with Gasteiger partial charge in [0, 0.05) is 11.8 Å². The Labute approximate surface area is 152 Å². The molecule has 2 aromatic carbocycles. The first-order valence-corrected chi connectivity index (χ1v) is 9.11. The minimum atomic E-state index is 0.0335. The first-order chi connectivity index (χ1) is 12.1. The van der Waals surface area contributed by atoms with E-state index in [0.717, 1.165) is 21.9 Å². The molecule has 3 nitrogen and oxygen atoms in total. The maximum atomic E-state index is 9.40. The average molecular weight is 347 g/mol. The van der Waals surface area contributed by atoms with Crippen LogP contribution in [0.5, 0.6) is 5.75 Å². The number of nitriles is 1. The van der Waals surface area contributed by atoms with Crippen LogP contribution in [0.3, 0.4) is 0 Å². The van der Waals surface area contributed by atoms with Crippen LogP contribution in [0.15, 0.2) is 42.6 Å². The van der Waals surface area contributed by atoms with E-state index in [9.17, 15) is 5.26 Å². The molecule has 0 saturated carbocycles. The van der Waals surface area contributed by atoms with E-state index in [4.69, 9.17) is 4.74 Å². The van der Waals surface area contributed by atoms with Crippen LogP contribution in [0, 0.1) is 17.4 Å². The van der Waals surface area contributed by atoms with Crippen LogP contribution in [0.4, 0.5) is 0 Å². The van der Waals surface area contributed by atoms with Crippen molar-refractivity contribution in [1.29, 1.82) is 5.26 Å². The fraction of sp³-hybridized carbons (Fsp3) is 0.238. The van der Waals surface area contributed by atoms with Gasteiger partial charge in [-0.05, 0) is 55.7 Å². The third-order valence-corrected chi connectivity index (χ3v) is 4.86. The first kappa shape index (κ1) is 17.2. The lowest BCUT2D eigenvalue weighted by Gasteiger charge is -2.11. The molecule has 0 N–H and O–H groups in total. The predicted octanol–water partition coefficient (Wildman–Crippen LogP) is 5.50. The van der Waals surface area contributed by atoms with Gasteiger partial charge in [0.25, 0.3) is 0 Å². The topological polar surface area (TPSA) is 45.9 Å². The maximum Gasteiger partial charge on any atom is 0.137 e. The van der Waals surface area contributed by atoms with Crippen molar-refractivity contribution < 1.29 is 4.74 Å². The molecule has 0 aliphatic heterocycles. The molecule has 0 fully saturated rings. The summed E-state index contributed by atoms with van der Waals surface area (Å²) in [5.74, 6) is 0.615. The van der Waals surface area contributed by atoms with E-state index in [0.29, 0.717) is 11.3 Å². The van der Waals surface area contributed by atoms with Crippen molar-refractivity contribution in [1.82, 2.24) is 4.98 Å². The quantitative estimate of drug-likeness (QED) is 0.612. The Hall–Kier alpha value is -2.64. The second-order valence-electron chi connectivity index (χ2n) is 5.93. The Morgan fingerprint density at radius 1 is 1.32 bits per heavy atom. The highest BCUT2D eigenvalue weighted by molar-refractivity contribution is 7.18. The number of ether oxygens (including phenoxy) is 1. The van der Waals surface area contributed by atoms with Gasteiger partial charge in [0.05, 0.1) is 16.5 Å². The molecule has 3 rings (SSSR count). The molecule has 0 spiro atoms. The standard InChI is InChI=1S/C21H19N2OS/c1-4-15-7-5-6-8-18(15)20-13-23-21(25-20)16-9-10-19(24-14(2)3)17(11-16)12-22/h5-6,8-11,13-14H,4H2,1-3H3. The Kier molecular flexibility index (Phi) is 5.16. The van der Waals surface area contributed by atoms with E-state index in [-0.39, 0.29) is 6.10 Å². The molecule has 4 heteroatoms. The number of rotatable bonds is 5. The lowest BCUT2D eigenvalue weighted by atomic mass is 10.0. The molecule has 3 aromatic rings. The molecule has 0 atom stereocenters. The fourth-order valence-corrected chi connectivity index (χ4v) is 3.60. The van der Waals surface area contributed by atoms with Crippen molar-refractivity contribution in [3.8, 4) is 32.8 Å². The number of thiazole rings is 1. The average Bonchev–Trinajstić information content (AvgIpc) is 3.11. The summed E-state index contributed by atoms with van der Waals surface area (Å²) in [6.45, 7) is 6.03. The normalized spacial score (nSPS) is 10.7. The Morgan fingerprint density at radius 2 is 2.16 bits per heavy atom. The largest absolute Gasteiger partial charge is 0.490 e. The summed E-state index contributed by atoms with van der Waals surface area (Å²) in [6, 6.07) is 17.2. The highest BCUT2D eigenvalue weighted by atomic mass is 32.1. The van der Waals surface area contributed by atoms with Gasteiger partial charge in [-0.1, -0.05) is 25.1 Å². The second kappa shape index (κ2) is 7.50. The van der Waals surface area contributed by atoms with Gasteiger partial charge in [0.15, 0.2) is 0 Å². The summed E-state index contributed by atoms with van der Waals surface area (Å²) in [4.78, 5) is 5.67. The minimum Gasteiger partial charge on any atom is -0.490 e. The minimum absolute atomic E-state index is 0.0335. The molecule has 1 aromatic heterocycles. The summed E-state index contributed by atoms with van der Waals surface area (Å²) in [5, 5.41) is 10.3. The van der Waals surface area contributed by atoms with E-state index in [1.54, 1.807) is 11.3 Å². The molecule has 1 heterocycles. The van der Waals surface area contributed by atoms with Crippen LogP contribution in [-0.2, 0) is 6.42 Å². The lowest BCUT2D eigenvalue weighted by Crippen LogP contribution is -2.06. The van der Waals surface area contributed by atoms with Crippen molar-refractivity contribution in [2.24, 2.45) is 0 Å². The van der Waals surface area contributed by atoms with Gasteiger partial charge < -0.3 is 4.74 Å². The molecule has 0 aliphatic carbocycles. The van der Waals surface area contributed by atoms with Gasteiger partial charge in [-0.25, -0.2) is 4.98 Å². The van der Waals surface area contributed by atoms with E-state index in [2.05, 4.69) is 30.1 Å². The third-order valence-electron chi connectivity index (χ3n) is 3.78. The molecule has 0 aliphatic rings. The summed E-state index contributed by atoms with van der Waals surface area (Å²) in [6.07, 6.45) is 2.86. The SMILES string of the molecule is CCc1[c]cccc1-c1cnc(-c2ccc(OC(C)C)c(C#N)c2)s1. The van der Waals surface area contributed by atoms with Crippen molar-refractivity contribution in [3.63, 3.8) is 0 Å². The van der Waals surface area contributed by atoms with E-state index in [1.165, 1.54) is 11.1 Å². The molecular formula is C21H19N2OS. The summed E-state index contributed by atoms with van der Waals surface area (Å²) >= 11 is 1.63. The van der Waals surface area contributed by atoms with Gasteiger partial charge in [-0.15, -0.1) is 11.3 Å². The summed E-state index contributed by atoms with van der Waals surface area (Å²) in [7, 11) is 0. The number of hydrogen-bond donors (Lipinski definition) is 0. The van der Waals surface area contributed by atoms with E-state index < -0.39 is 0 Å². The maximum absolute atomic E-state index is 9.40. The van der Waals surface area contributed by atoms with Crippen molar-refractivity contribution >= 4 is 11.3 Å². The van der Waals surface area contributed by atoms with Gasteiger partial charge in [0.1, 0.15) is 16.8 Å². The monoisotopic (exact) mass is 347 g/mol. The molecular weight excluding hydrogens is 328 g/mol. The Balaban J connectivity index is 1.96. The molecule has 25 heavy (non-hydrogen) atoms. The van der Waals surface area contributed by atoms with Crippen LogP contribution < -0.4 is 4.74 Å². The number of benzene rings is 2. The molecule has 1 radical (unpaired) electrons. The highest BCUT2D eigenvalue weighted by Gasteiger charge is 2.12. The van der Waals surface area contributed by atoms with Crippen LogP contribution in [0.1, 0.15) is 31.9 Å². The van der Waals surface area contributed by atoms with Gasteiger partial charge >= 0.3 is 0 Å². The number of aromatic nitrogens is 1. The number of nitrogens with zero attached hydrogens (tertiary/aromatic N) is 2. The highest BCUT2D eigenvalue weighted by Crippen LogP contribution is 2.35. The lowest BCUT2D eigenvalue weighted by molar-refractivity contribution is 0.242.